The zero-order valence-corrected chi connectivity index (χ0v) is 20.4. The number of aryl methyl sites for hydroxylation is 1. The van der Waals surface area contributed by atoms with Gasteiger partial charge in [0.05, 0.1) is 45.0 Å². The molecule has 1 unspecified atom stereocenters. The number of rotatable bonds is 6. The topological polar surface area (TPSA) is 81.8 Å². The van der Waals surface area contributed by atoms with Gasteiger partial charge in [-0.3, -0.25) is 0 Å². The molecule has 33 heavy (non-hydrogen) atoms. The van der Waals surface area contributed by atoms with Gasteiger partial charge in [-0.2, -0.15) is 5.10 Å². The van der Waals surface area contributed by atoms with Crippen molar-refractivity contribution in [2.45, 2.75) is 58.3 Å². The summed E-state index contributed by atoms with van der Waals surface area (Å²) in [7, 11) is 1.98. The van der Waals surface area contributed by atoms with E-state index in [1.165, 1.54) is 6.42 Å². The number of aromatic nitrogens is 5. The summed E-state index contributed by atoms with van der Waals surface area (Å²) < 4.78 is 11.1. The second kappa shape index (κ2) is 8.79. The molecule has 174 valence electrons. The van der Waals surface area contributed by atoms with Crippen LogP contribution >= 0.6 is 11.3 Å². The van der Waals surface area contributed by atoms with Crippen LogP contribution in [0.2, 0.25) is 0 Å². The molecule has 1 aliphatic heterocycles. The Balaban J connectivity index is 1.52. The van der Waals surface area contributed by atoms with Crippen molar-refractivity contribution in [1.29, 1.82) is 0 Å². The van der Waals surface area contributed by atoms with E-state index in [4.69, 9.17) is 9.72 Å². The number of imidazole rings is 1. The molecule has 2 N–H and O–H groups in total. The minimum absolute atomic E-state index is 0.00166. The number of thiophene rings is 1. The van der Waals surface area contributed by atoms with Gasteiger partial charge in [0.2, 0.25) is 0 Å². The Morgan fingerprint density at radius 3 is 2.85 bits per heavy atom. The van der Waals surface area contributed by atoms with Gasteiger partial charge >= 0.3 is 0 Å². The van der Waals surface area contributed by atoms with Gasteiger partial charge in [0, 0.05) is 37.7 Å². The van der Waals surface area contributed by atoms with Crippen LogP contribution in [0.1, 0.15) is 52.0 Å². The van der Waals surface area contributed by atoms with Crippen LogP contribution in [0.3, 0.4) is 0 Å². The second-order valence-corrected chi connectivity index (χ2v) is 10.7. The highest BCUT2D eigenvalue weighted by molar-refractivity contribution is 7.22. The lowest BCUT2D eigenvalue weighted by Crippen LogP contribution is -2.26. The van der Waals surface area contributed by atoms with Crippen LogP contribution in [-0.4, -0.2) is 36.5 Å². The normalized spacial score (nSPS) is 16.9. The second-order valence-electron chi connectivity index (χ2n) is 9.62. The predicted octanol–water partition coefficient (Wildman–Crippen LogP) is 5.41. The summed E-state index contributed by atoms with van der Waals surface area (Å²) in [6.07, 6.45) is 9.00. The smallest absolute Gasteiger partial charge is 0.150 e. The number of pyridine rings is 1. The molecule has 9 heteroatoms. The fraction of sp³-hybridized carbons (Fsp3) is 0.458. The van der Waals surface area contributed by atoms with Gasteiger partial charge in [-0.05, 0) is 52.2 Å². The largest absolute Gasteiger partial charge is 0.378 e. The van der Waals surface area contributed by atoms with E-state index in [9.17, 15) is 0 Å². The van der Waals surface area contributed by atoms with Gasteiger partial charge in [0.15, 0.2) is 6.23 Å². The van der Waals surface area contributed by atoms with E-state index < -0.39 is 0 Å². The van der Waals surface area contributed by atoms with Crippen molar-refractivity contribution in [3.05, 3.63) is 42.6 Å². The molecule has 4 aromatic heterocycles. The molecule has 0 spiro atoms. The average Bonchev–Trinajstić information content (AvgIpc) is 3.50. The summed E-state index contributed by atoms with van der Waals surface area (Å²) in [4.78, 5) is 10.5. The summed E-state index contributed by atoms with van der Waals surface area (Å²) in [5.74, 6) is 0.854. The SMILES string of the molecule is Cn1cnc(CNc2cc(NC(C)(C)C)nc3cc(-c4ccnn4C4CCCCO4)sc23)c1. The fourth-order valence-electron chi connectivity index (χ4n) is 4.13. The highest BCUT2D eigenvalue weighted by Gasteiger charge is 2.22. The van der Waals surface area contributed by atoms with E-state index in [0.29, 0.717) is 6.54 Å². The lowest BCUT2D eigenvalue weighted by atomic mass is 10.1. The van der Waals surface area contributed by atoms with Crippen LogP contribution in [0.25, 0.3) is 20.8 Å². The van der Waals surface area contributed by atoms with Gasteiger partial charge in [0.25, 0.3) is 0 Å². The Bertz CT molecular complexity index is 1240. The molecule has 0 bridgehead atoms. The number of anilines is 2. The molecule has 1 fully saturated rings. The molecule has 0 amide bonds. The van der Waals surface area contributed by atoms with Gasteiger partial charge in [-0.25, -0.2) is 14.6 Å². The Kier molecular flexibility index (Phi) is 5.84. The summed E-state index contributed by atoms with van der Waals surface area (Å²) in [5.41, 5.74) is 4.00. The van der Waals surface area contributed by atoms with E-state index in [1.807, 2.05) is 35.0 Å². The van der Waals surface area contributed by atoms with E-state index in [1.54, 1.807) is 11.3 Å². The monoisotopic (exact) mass is 465 g/mol. The molecule has 0 saturated carbocycles. The van der Waals surface area contributed by atoms with Gasteiger partial charge in [0.1, 0.15) is 5.82 Å². The standard InChI is InChI=1S/C24H31N7OS/c1-24(2,3)29-21-12-17(25-13-16-14-30(4)15-26-16)23-18(28-21)11-20(33-23)19-8-9-27-31(19)22-7-5-6-10-32-22/h8-9,11-12,14-15,22H,5-7,10,13H2,1-4H3,(H2,25,28,29). The van der Waals surface area contributed by atoms with Gasteiger partial charge in [-0.1, -0.05) is 0 Å². The third-order valence-corrected chi connectivity index (χ3v) is 6.73. The maximum Gasteiger partial charge on any atom is 0.150 e. The number of fused-ring (bicyclic) bond motifs is 1. The summed E-state index contributed by atoms with van der Waals surface area (Å²) in [5, 5.41) is 11.7. The third kappa shape index (κ3) is 4.89. The lowest BCUT2D eigenvalue weighted by molar-refractivity contribution is -0.0383. The first-order valence-electron chi connectivity index (χ1n) is 11.4. The van der Waals surface area contributed by atoms with E-state index >= 15 is 0 Å². The van der Waals surface area contributed by atoms with Crippen LogP contribution < -0.4 is 10.6 Å². The molecule has 1 saturated heterocycles. The van der Waals surface area contributed by atoms with E-state index in [2.05, 4.69) is 59.7 Å². The highest BCUT2D eigenvalue weighted by Crippen LogP contribution is 2.39. The molecule has 1 aliphatic rings. The number of nitrogens with zero attached hydrogens (tertiary/aromatic N) is 5. The van der Waals surface area contributed by atoms with Crippen LogP contribution in [0, 0.1) is 0 Å². The number of nitrogens with one attached hydrogen (secondary N) is 2. The third-order valence-electron chi connectivity index (χ3n) is 5.55. The molecule has 5 rings (SSSR count). The van der Waals surface area contributed by atoms with Gasteiger partial charge in [-0.15, -0.1) is 11.3 Å². The maximum absolute atomic E-state index is 6.00. The Hall–Kier alpha value is -2.91. The summed E-state index contributed by atoms with van der Waals surface area (Å²) in [6, 6.07) is 6.33. The van der Waals surface area contributed by atoms with Crippen molar-refractivity contribution in [2.75, 3.05) is 17.2 Å². The molecular weight excluding hydrogens is 434 g/mol. The predicted molar refractivity (Wildman–Crippen MR) is 134 cm³/mol. The van der Waals surface area contributed by atoms with Crippen molar-refractivity contribution >= 4 is 33.1 Å². The van der Waals surface area contributed by atoms with Gasteiger partial charge < -0.3 is 19.9 Å². The minimum atomic E-state index is -0.0886. The number of hydrogen-bond donors (Lipinski definition) is 2. The van der Waals surface area contributed by atoms with Crippen molar-refractivity contribution in [3.8, 4) is 10.6 Å². The molecule has 0 aromatic carbocycles. The molecule has 8 nitrogen and oxygen atoms in total. The van der Waals surface area contributed by atoms with Crippen molar-refractivity contribution in [3.63, 3.8) is 0 Å². The Morgan fingerprint density at radius 1 is 1.24 bits per heavy atom. The Morgan fingerprint density at radius 2 is 2.12 bits per heavy atom. The zero-order chi connectivity index (χ0) is 23.0. The number of hydrogen-bond acceptors (Lipinski definition) is 7. The van der Waals surface area contributed by atoms with Crippen molar-refractivity contribution in [1.82, 2.24) is 24.3 Å². The first kappa shape index (κ1) is 21.9. The summed E-state index contributed by atoms with van der Waals surface area (Å²) in [6.45, 7) is 7.86. The molecular formula is C24H31N7OS. The maximum atomic E-state index is 6.00. The van der Waals surface area contributed by atoms with Crippen LogP contribution in [0.5, 0.6) is 0 Å². The fourth-order valence-corrected chi connectivity index (χ4v) is 5.23. The lowest BCUT2D eigenvalue weighted by Gasteiger charge is -2.24. The van der Waals surface area contributed by atoms with Crippen LogP contribution in [-0.2, 0) is 18.3 Å². The highest BCUT2D eigenvalue weighted by atomic mass is 32.1. The molecule has 1 atom stereocenters. The number of ether oxygens (including phenoxy) is 1. The van der Waals surface area contributed by atoms with Crippen LogP contribution in [0.4, 0.5) is 11.5 Å². The molecule has 0 aliphatic carbocycles. The zero-order valence-electron chi connectivity index (χ0n) is 19.6. The first-order valence-corrected chi connectivity index (χ1v) is 12.3. The van der Waals surface area contributed by atoms with Crippen molar-refractivity contribution < 1.29 is 4.74 Å². The Labute approximate surface area is 198 Å². The first-order chi connectivity index (χ1) is 15.9. The average molecular weight is 466 g/mol. The quantitative estimate of drug-likeness (QED) is 0.396. The van der Waals surface area contributed by atoms with E-state index in [0.717, 1.165) is 57.4 Å². The minimum Gasteiger partial charge on any atom is -0.378 e. The molecule has 4 aromatic rings. The van der Waals surface area contributed by atoms with E-state index in [-0.39, 0.29) is 11.8 Å². The summed E-state index contributed by atoms with van der Waals surface area (Å²) >= 11 is 1.73. The van der Waals surface area contributed by atoms with Crippen LogP contribution in [0.15, 0.2) is 36.9 Å². The van der Waals surface area contributed by atoms with Crippen molar-refractivity contribution in [2.24, 2.45) is 7.05 Å². The molecule has 0 radical (unpaired) electrons. The molecule has 5 heterocycles.